The first kappa shape index (κ1) is 17.3. The fourth-order valence-corrected chi connectivity index (χ4v) is 2.56. The number of aromatic amines is 1. The molecule has 0 aromatic carbocycles. The van der Waals surface area contributed by atoms with Gasteiger partial charge in [-0.25, -0.2) is 9.89 Å². The van der Waals surface area contributed by atoms with Gasteiger partial charge >= 0.3 is 5.97 Å². The topological polar surface area (TPSA) is 119 Å². The Labute approximate surface area is 148 Å². The monoisotopic (exact) mass is 355 g/mol. The zero-order chi connectivity index (χ0) is 18.5. The number of carbonyl (C=O) groups excluding carboxylic acids is 2. The normalized spacial score (nSPS) is 10.7. The molecule has 3 heterocycles. The van der Waals surface area contributed by atoms with Crippen LogP contribution >= 0.6 is 0 Å². The first-order valence-corrected chi connectivity index (χ1v) is 7.95. The van der Waals surface area contributed by atoms with Crippen LogP contribution in [0.4, 0.5) is 5.69 Å². The van der Waals surface area contributed by atoms with E-state index in [1.807, 2.05) is 0 Å². The lowest BCUT2D eigenvalue weighted by Gasteiger charge is -2.11. The number of amides is 1. The van der Waals surface area contributed by atoms with Crippen LogP contribution in [-0.4, -0.2) is 38.7 Å². The quantitative estimate of drug-likeness (QED) is 0.643. The third-order valence-electron chi connectivity index (χ3n) is 3.78. The van der Waals surface area contributed by atoms with E-state index >= 15 is 0 Å². The number of hydrogen-bond donors (Lipinski definition) is 2. The van der Waals surface area contributed by atoms with Gasteiger partial charge in [0.1, 0.15) is 11.3 Å². The number of rotatable bonds is 6. The Kier molecular flexibility index (Phi) is 5.07. The highest BCUT2D eigenvalue weighted by Crippen LogP contribution is 2.20. The van der Waals surface area contributed by atoms with E-state index in [2.05, 4.69) is 20.5 Å². The van der Waals surface area contributed by atoms with Gasteiger partial charge in [0.25, 0.3) is 5.56 Å². The molecule has 0 saturated heterocycles. The van der Waals surface area contributed by atoms with Crippen LogP contribution in [-0.2, 0) is 16.1 Å². The van der Waals surface area contributed by atoms with Gasteiger partial charge < -0.3 is 14.6 Å². The van der Waals surface area contributed by atoms with Crippen LogP contribution in [0, 0.1) is 0 Å². The average molecular weight is 355 g/mol. The fraction of sp³-hybridized carbons (Fsp3) is 0.235. The molecule has 0 fully saturated rings. The maximum Gasteiger partial charge on any atom is 0.341 e. The molecule has 2 aliphatic rings. The summed E-state index contributed by atoms with van der Waals surface area (Å²) in [4.78, 5) is 39.6. The molecular formula is C17H17N5O4. The number of esters is 1. The highest BCUT2D eigenvalue weighted by Gasteiger charge is 2.21. The van der Waals surface area contributed by atoms with E-state index in [-0.39, 0.29) is 29.1 Å². The number of nitrogens with zero attached hydrogens (tertiary/aromatic N) is 3. The molecule has 0 radical (unpaired) electrons. The number of carbonyl (C=O) groups is 2. The van der Waals surface area contributed by atoms with Crippen molar-refractivity contribution in [2.75, 3.05) is 12.4 Å². The van der Waals surface area contributed by atoms with Gasteiger partial charge in [0.05, 0.1) is 24.6 Å². The second kappa shape index (κ2) is 7.60. The van der Waals surface area contributed by atoms with Crippen LogP contribution in [0.5, 0.6) is 0 Å². The molecule has 9 nitrogen and oxygen atoms in total. The Morgan fingerprint density at radius 1 is 1.35 bits per heavy atom. The van der Waals surface area contributed by atoms with Gasteiger partial charge in [0.15, 0.2) is 0 Å². The van der Waals surface area contributed by atoms with Gasteiger partial charge in [-0.05, 0) is 18.6 Å². The molecule has 0 unspecified atom stereocenters. The number of nitrogens with one attached hydrogen (secondary N) is 2. The first-order valence-electron chi connectivity index (χ1n) is 7.95. The molecule has 0 bridgehead atoms. The van der Waals surface area contributed by atoms with E-state index < -0.39 is 5.97 Å². The number of aryl methyl sites for hydroxylation is 1. The maximum absolute atomic E-state index is 12.0. The number of pyridine rings is 2. The fourth-order valence-electron chi connectivity index (χ4n) is 2.56. The van der Waals surface area contributed by atoms with Gasteiger partial charge in [0, 0.05) is 31.6 Å². The lowest BCUT2D eigenvalue weighted by Crippen LogP contribution is -2.14. The van der Waals surface area contributed by atoms with Crippen LogP contribution < -0.4 is 10.9 Å². The summed E-state index contributed by atoms with van der Waals surface area (Å²) in [5, 5.41) is 8.94. The molecule has 0 atom stereocenters. The van der Waals surface area contributed by atoms with Crippen LogP contribution in [0.2, 0.25) is 0 Å². The molecule has 0 aliphatic carbocycles. The van der Waals surface area contributed by atoms with Crippen molar-refractivity contribution in [3.8, 4) is 11.3 Å². The molecule has 26 heavy (non-hydrogen) atoms. The first-order chi connectivity index (χ1) is 12.6. The summed E-state index contributed by atoms with van der Waals surface area (Å²) in [5.74, 6) is -0.717. The van der Waals surface area contributed by atoms with Gasteiger partial charge in [0.2, 0.25) is 5.91 Å². The highest BCUT2D eigenvalue weighted by atomic mass is 16.5. The standard InChI is InChI=1S/C17H17N5O4/c1-26-17(25)13-10-22(9-12-15(13)20-21-16(12)24)7-3-5-14(23)19-11-4-2-6-18-8-11/h2,4,6,8-10H,3,5,7H2,1H3,(H,19,23)(H,21,24). The summed E-state index contributed by atoms with van der Waals surface area (Å²) >= 11 is 0. The number of hydrogen-bond acceptors (Lipinski definition) is 6. The molecule has 9 heteroatoms. The van der Waals surface area contributed by atoms with Crippen LogP contribution in [0.1, 0.15) is 23.2 Å². The summed E-state index contributed by atoms with van der Waals surface area (Å²) in [6.07, 6.45) is 7.16. The van der Waals surface area contributed by atoms with E-state index in [0.717, 1.165) is 0 Å². The lowest BCUT2D eigenvalue weighted by atomic mass is 10.1. The summed E-state index contributed by atoms with van der Waals surface area (Å²) in [6, 6.07) is 3.49. The minimum atomic E-state index is -0.579. The molecular weight excluding hydrogens is 338 g/mol. The number of anilines is 1. The minimum Gasteiger partial charge on any atom is -0.465 e. The number of H-pyrrole nitrogens is 1. The molecule has 2 aliphatic heterocycles. The summed E-state index contributed by atoms with van der Waals surface area (Å²) in [5.41, 5.74) is 1.02. The van der Waals surface area contributed by atoms with Crippen molar-refractivity contribution < 1.29 is 14.3 Å². The Bertz CT molecular complexity index is 947. The van der Waals surface area contributed by atoms with Gasteiger partial charge in [-0.1, -0.05) is 0 Å². The third kappa shape index (κ3) is 3.77. The molecule has 0 saturated carbocycles. The van der Waals surface area contributed by atoms with E-state index in [1.54, 1.807) is 41.5 Å². The van der Waals surface area contributed by atoms with Crippen molar-refractivity contribution in [2.45, 2.75) is 19.4 Å². The summed E-state index contributed by atoms with van der Waals surface area (Å²) < 4.78 is 6.42. The summed E-state index contributed by atoms with van der Waals surface area (Å²) in [7, 11) is 1.26. The lowest BCUT2D eigenvalue weighted by molar-refractivity contribution is -0.116. The minimum absolute atomic E-state index is 0.138. The predicted octanol–water partition coefficient (Wildman–Crippen LogP) is 1.28. The number of methoxy groups -OCH3 is 1. The highest BCUT2D eigenvalue weighted by molar-refractivity contribution is 5.96. The van der Waals surface area contributed by atoms with Crippen molar-refractivity contribution in [3.63, 3.8) is 0 Å². The molecule has 1 aromatic rings. The molecule has 1 aromatic heterocycles. The number of ether oxygens (including phenoxy) is 1. The third-order valence-corrected chi connectivity index (χ3v) is 3.78. The second-order valence-corrected chi connectivity index (χ2v) is 5.61. The maximum atomic E-state index is 12.0. The Hall–Kier alpha value is -3.49. The van der Waals surface area contributed by atoms with E-state index in [4.69, 9.17) is 4.74 Å². The van der Waals surface area contributed by atoms with E-state index in [0.29, 0.717) is 24.2 Å². The zero-order valence-electron chi connectivity index (χ0n) is 14.1. The van der Waals surface area contributed by atoms with Crippen molar-refractivity contribution in [2.24, 2.45) is 0 Å². The van der Waals surface area contributed by atoms with Crippen molar-refractivity contribution in [3.05, 3.63) is 52.8 Å². The Morgan fingerprint density at radius 3 is 2.92 bits per heavy atom. The molecule has 3 rings (SSSR count). The SMILES string of the molecule is COC(=O)c1cn(CCCC(=O)Nc2cccnc2)cc2c(=O)[nH]nc1-2. The molecule has 1 amide bonds. The van der Waals surface area contributed by atoms with Crippen molar-refractivity contribution in [1.29, 1.82) is 0 Å². The molecule has 0 spiro atoms. The number of aromatic nitrogens is 4. The molecule has 134 valence electrons. The smallest absolute Gasteiger partial charge is 0.341 e. The summed E-state index contributed by atoms with van der Waals surface area (Å²) in [6.45, 7) is 0.449. The van der Waals surface area contributed by atoms with Crippen LogP contribution in [0.3, 0.4) is 0 Å². The van der Waals surface area contributed by atoms with Gasteiger partial charge in [-0.15, -0.1) is 0 Å². The average Bonchev–Trinajstić information content (AvgIpc) is 3.02. The number of fused-ring (bicyclic) bond motifs is 1. The Morgan fingerprint density at radius 2 is 2.19 bits per heavy atom. The van der Waals surface area contributed by atoms with Crippen molar-refractivity contribution >= 4 is 17.6 Å². The predicted molar refractivity (Wildman–Crippen MR) is 92.9 cm³/mol. The van der Waals surface area contributed by atoms with Gasteiger partial charge in [-0.2, -0.15) is 5.10 Å². The Balaban J connectivity index is 1.68. The van der Waals surface area contributed by atoms with Crippen LogP contribution in [0.15, 0.2) is 41.7 Å². The zero-order valence-corrected chi connectivity index (χ0v) is 14.1. The van der Waals surface area contributed by atoms with Crippen molar-refractivity contribution in [1.82, 2.24) is 19.7 Å². The van der Waals surface area contributed by atoms with Crippen LogP contribution in [0.25, 0.3) is 11.3 Å². The molecule has 2 N–H and O–H groups in total. The largest absolute Gasteiger partial charge is 0.465 e. The van der Waals surface area contributed by atoms with E-state index in [9.17, 15) is 14.4 Å². The van der Waals surface area contributed by atoms with E-state index in [1.165, 1.54) is 7.11 Å². The second-order valence-electron chi connectivity index (χ2n) is 5.61. The van der Waals surface area contributed by atoms with Gasteiger partial charge in [-0.3, -0.25) is 14.6 Å².